The second-order valence-corrected chi connectivity index (χ2v) is 4.41. The largest absolute Gasteiger partial charge is 0.384 e. The summed E-state index contributed by atoms with van der Waals surface area (Å²) in [6, 6.07) is 3.58. The minimum atomic E-state index is -0.264. The Morgan fingerprint density at radius 2 is 2.25 bits per heavy atom. The standard InChI is InChI=1S/C11H14N4O/c12-9-2-1-8(7-13-9)15-6-5-14-11(3-4-11)10(15)16/h1-2,7,14H,3-6H2,(H2,12,13). The molecule has 0 radical (unpaired) electrons. The summed E-state index contributed by atoms with van der Waals surface area (Å²) in [5.41, 5.74) is 6.11. The van der Waals surface area contributed by atoms with E-state index in [1.54, 1.807) is 17.2 Å². The summed E-state index contributed by atoms with van der Waals surface area (Å²) in [7, 11) is 0. The molecule has 1 spiro atoms. The lowest BCUT2D eigenvalue weighted by molar-refractivity contribution is -0.122. The third-order valence-corrected chi connectivity index (χ3v) is 3.29. The number of nitrogens with two attached hydrogens (primary N) is 1. The molecule has 1 aliphatic heterocycles. The second kappa shape index (κ2) is 3.18. The Morgan fingerprint density at radius 1 is 1.44 bits per heavy atom. The Balaban J connectivity index is 1.89. The van der Waals surface area contributed by atoms with Crippen LogP contribution in [0.2, 0.25) is 0 Å². The maximum Gasteiger partial charge on any atom is 0.247 e. The topological polar surface area (TPSA) is 71.2 Å². The van der Waals surface area contributed by atoms with E-state index in [4.69, 9.17) is 5.73 Å². The molecule has 0 unspecified atom stereocenters. The summed E-state index contributed by atoms with van der Waals surface area (Å²) in [6.45, 7) is 1.54. The van der Waals surface area contributed by atoms with Crippen molar-refractivity contribution in [2.75, 3.05) is 23.7 Å². The van der Waals surface area contributed by atoms with Crippen LogP contribution in [-0.4, -0.2) is 29.5 Å². The lowest BCUT2D eigenvalue weighted by atomic mass is 10.1. The third-order valence-electron chi connectivity index (χ3n) is 3.29. The van der Waals surface area contributed by atoms with Gasteiger partial charge in [0.1, 0.15) is 5.82 Å². The molecular weight excluding hydrogens is 204 g/mol. The van der Waals surface area contributed by atoms with Gasteiger partial charge in [-0.05, 0) is 25.0 Å². The fourth-order valence-electron chi connectivity index (χ4n) is 2.16. The van der Waals surface area contributed by atoms with Crippen LogP contribution in [0.5, 0.6) is 0 Å². The third kappa shape index (κ3) is 1.36. The number of nitrogens with zero attached hydrogens (tertiary/aromatic N) is 2. The van der Waals surface area contributed by atoms with Gasteiger partial charge in [0.05, 0.1) is 17.4 Å². The van der Waals surface area contributed by atoms with Gasteiger partial charge in [-0.15, -0.1) is 0 Å². The minimum Gasteiger partial charge on any atom is -0.384 e. The van der Waals surface area contributed by atoms with Crippen molar-refractivity contribution in [3.05, 3.63) is 18.3 Å². The number of pyridine rings is 1. The van der Waals surface area contributed by atoms with E-state index in [0.29, 0.717) is 12.4 Å². The van der Waals surface area contributed by atoms with Crippen molar-refractivity contribution in [1.29, 1.82) is 0 Å². The number of aromatic nitrogens is 1. The number of piperazine rings is 1. The first-order valence-corrected chi connectivity index (χ1v) is 5.50. The van der Waals surface area contributed by atoms with Gasteiger partial charge in [0, 0.05) is 13.1 Å². The number of hydrogen-bond donors (Lipinski definition) is 2. The summed E-state index contributed by atoms with van der Waals surface area (Å²) in [5, 5.41) is 3.29. The zero-order valence-electron chi connectivity index (χ0n) is 8.94. The molecular formula is C11H14N4O. The number of carbonyl (C=O) groups is 1. The van der Waals surface area contributed by atoms with Crippen LogP contribution in [-0.2, 0) is 4.79 Å². The average Bonchev–Trinajstić information content (AvgIpc) is 3.05. The highest BCUT2D eigenvalue weighted by atomic mass is 16.2. The van der Waals surface area contributed by atoms with Gasteiger partial charge in [-0.3, -0.25) is 4.79 Å². The molecule has 1 saturated carbocycles. The van der Waals surface area contributed by atoms with Gasteiger partial charge in [-0.1, -0.05) is 0 Å². The quantitative estimate of drug-likeness (QED) is 0.703. The molecule has 5 nitrogen and oxygen atoms in total. The lowest BCUT2D eigenvalue weighted by Crippen LogP contribution is -2.57. The van der Waals surface area contributed by atoms with Crippen LogP contribution in [0.3, 0.4) is 0 Å². The van der Waals surface area contributed by atoms with Crippen LogP contribution in [0, 0.1) is 0 Å². The molecule has 84 valence electrons. The summed E-state index contributed by atoms with van der Waals surface area (Å²) >= 11 is 0. The number of rotatable bonds is 1. The fraction of sp³-hybridized carbons (Fsp3) is 0.455. The number of nitrogen functional groups attached to an aromatic ring is 1. The highest BCUT2D eigenvalue weighted by Gasteiger charge is 2.53. The summed E-state index contributed by atoms with van der Waals surface area (Å²) in [6.07, 6.45) is 3.56. The highest BCUT2D eigenvalue weighted by Crippen LogP contribution is 2.39. The van der Waals surface area contributed by atoms with Gasteiger partial charge >= 0.3 is 0 Å². The van der Waals surface area contributed by atoms with E-state index in [9.17, 15) is 4.79 Å². The predicted octanol–water partition coefficient (Wildman–Crippen LogP) is 0.133. The second-order valence-electron chi connectivity index (χ2n) is 4.41. The first kappa shape index (κ1) is 9.59. The van der Waals surface area contributed by atoms with Crippen molar-refractivity contribution in [1.82, 2.24) is 10.3 Å². The highest BCUT2D eigenvalue weighted by molar-refractivity contribution is 6.03. The molecule has 1 saturated heterocycles. The molecule has 3 rings (SSSR count). The number of anilines is 2. The van der Waals surface area contributed by atoms with Gasteiger partial charge in [0.25, 0.3) is 0 Å². The number of amides is 1. The molecule has 1 aromatic rings. The van der Waals surface area contributed by atoms with Crippen molar-refractivity contribution in [3.63, 3.8) is 0 Å². The van der Waals surface area contributed by atoms with Crippen LogP contribution in [0.25, 0.3) is 0 Å². The average molecular weight is 218 g/mol. The molecule has 5 heteroatoms. The Bertz CT molecular complexity index is 424. The van der Waals surface area contributed by atoms with E-state index in [2.05, 4.69) is 10.3 Å². The van der Waals surface area contributed by atoms with Crippen LogP contribution >= 0.6 is 0 Å². The zero-order valence-corrected chi connectivity index (χ0v) is 8.94. The lowest BCUT2D eigenvalue weighted by Gasteiger charge is -2.33. The molecule has 2 aliphatic rings. The smallest absolute Gasteiger partial charge is 0.247 e. The fourth-order valence-corrected chi connectivity index (χ4v) is 2.16. The SMILES string of the molecule is Nc1ccc(N2CCNC3(CC3)C2=O)cn1. The molecule has 1 amide bonds. The summed E-state index contributed by atoms with van der Waals surface area (Å²) in [4.78, 5) is 18.0. The molecule has 0 atom stereocenters. The van der Waals surface area contributed by atoms with E-state index in [1.165, 1.54) is 0 Å². The molecule has 2 heterocycles. The van der Waals surface area contributed by atoms with Crippen LogP contribution < -0.4 is 16.0 Å². The number of nitrogens with one attached hydrogen (secondary N) is 1. The van der Waals surface area contributed by atoms with E-state index >= 15 is 0 Å². The van der Waals surface area contributed by atoms with Gasteiger partial charge in [0.2, 0.25) is 5.91 Å². The number of carbonyl (C=O) groups excluding carboxylic acids is 1. The Hall–Kier alpha value is -1.62. The molecule has 3 N–H and O–H groups in total. The molecule has 0 aromatic carbocycles. The van der Waals surface area contributed by atoms with Crippen molar-refractivity contribution in [2.24, 2.45) is 0 Å². The van der Waals surface area contributed by atoms with E-state index in [0.717, 1.165) is 25.1 Å². The van der Waals surface area contributed by atoms with E-state index < -0.39 is 0 Å². The molecule has 1 aromatic heterocycles. The van der Waals surface area contributed by atoms with Gasteiger partial charge in [0.15, 0.2) is 0 Å². The normalized spacial score (nSPS) is 22.5. The van der Waals surface area contributed by atoms with Crippen LogP contribution in [0.4, 0.5) is 11.5 Å². The van der Waals surface area contributed by atoms with Crippen molar-refractivity contribution >= 4 is 17.4 Å². The maximum atomic E-state index is 12.2. The van der Waals surface area contributed by atoms with Crippen LogP contribution in [0.15, 0.2) is 18.3 Å². The van der Waals surface area contributed by atoms with Gasteiger partial charge in [-0.25, -0.2) is 4.98 Å². The molecule has 1 aliphatic carbocycles. The summed E-state index contributed by atoms with van der Waals surface area (Å²) < 4.78 is 0. The Kier molecular flexibility index (Phi) is 1.91. The Labute approximate surface area is 93.6 Å². The Morgan fingerprint density at radius 3 is 2.88 bits per heavy atom. The minimum absolute atomic E-state index is 0.172. The predicted molar refractivity (Wildman–Crippen MR) is 61.0 cm³/mol. The van der Waals surface area contributed by atoms with Gasteiger partial charge < -0.3 is 16.0 Å². The number of hydrogen-bond acceptors (Lipinski definition) is 4. The summed E-state index contributed by atoms with van der Waals surface area (Å²) in [5.74, 6) is 0.651. The molecule has 2 fully saturated rings. The van der Waals surface area contributed by atoms with E-state index in [-0.39, 0.29) is 11.4 Å². The van der Waals surface area contributed by atoms with E-state index in [1.807, 2.05) is 6.07 Å². The van der Waals surface area contributed by atoms with Crippen LogP contribution in [0.1, 0.15) is 12.8 Å². The van der Waals surface area contributed by atoms with Crippen molar-refractivity contribution in [3.8, 4) is 0 Å². The zero-order chi connectivity index (χ0) is 11.2. The monoisotopic (exact) mass is 218 g/mol. The maximum absolute atomic E-state index is 12.2. The van der Waals surface area contributed by atoms with Gasteiger partial charge in [-0.2, -0.15) is 0 Å². The van der Waals surface area contributed by atoms with Crippen molar-refractivity contribution < 1.29 is 4.79 Å². The molecule has 16 heavy (non-hydrogen) atoms. The first-order valence-electron chi connectivity index (χ1n) is 5.50. The molecule has 0 bridgehead atoms. The van der Waals surface area contributed by atoms with Crippen molar-refractivity contribution in [2.45, 2.75) is 18.4 Å². The first-order chi connectivity index (χ1) is 7.71.